The Balaban J connectivity index is 0.00000225. The van der Waals surface area contributed by atoms with Gasteiger partial charge in [-0.15, -0.1) is 24.0 Å². The average molecular weight is 461 g/mol. The van der Waals surface area contributed by atoms with Crippen molar-refractivity contribution in [1.29, 1.82) is 0 Å². The second kappa shape index (κ2) is 9.16. The Kier molecular flexibility index (Phi) is 7.49. The number of halogens is 2. The van der Waals surface area contributed by atoms with Gasteiger partial charge in [0.05, 0.1) is 0 Å². The summed E-state index contributed by atoms with van der Waals surface area (Å²) in [5.41, 5.74) is 1.16. The fourth-order valence-corrected chi connectivity index (χ4v) is 3.63. The minimum atomic E-state index is -0.109. The molecular weight excluding hydrogens is 432 g/mol. The van der Waals surface area contributed by atoms with Crippen molar-refractivity contribution >= 4 is 29.9 Å². The molecule has 140 valence electrons. The molecule has 2 fully saturated rings. The molecule has 2 aliphatic rings. The van der Waals surface area contributed by atoms with E-state index in [1.807, 2.05) is 12.1 Å². The van der Waals surface area contributed by atoms with Gasteiger partial charge in [0.25, 0.3) is 0 Å². The van der Waals surface area contributed by atoms with E-state index in [-0.39, 0.29) is 41.8 Å². The van der Waals surface area contributed by atoms with Gasteiger partial charge in [-0.05, 0) is 42.7 Å². The third-order valence-electron chi connectivity index (χ3n) is 5.52. The van der Waals surface area contributed by atoms with Crippen molar-refractivity contribution in [2.24, 2.45) is 10.4 Å². The lowest BCUT2D eigenvalue weighted by Crippen LogP contribution is -2.47. The number of nitrogens with one attached hydrogen (secondary N) is 2. The predicted molar refractivity (Wildman–Crippen MR) is 110 cm³/mol. The van der Waals surface area contributed by atoms with Crippen LogP contribution in [0.2, 0.25) is 0 Å². The molecular formula is C19H29FIN3O. The topological polar surface area (TPSA) is 45.7 Å². The summed E-state index contributed by atoms with van der Waals surface area (Å²) in [6.07, 6.45) is 5.85. The quantitative estimate of drug-likeness (QED) is 0.370. The predicted octanol–water partition coefficient (Wildman–Crippen LogP) is 3.67. The number of hydrogen-bond acceptors (Lipinski definition) is 2. The van der Waals surface area contributed by atoms with E-state index in [0.717, 1.165) is 37.5 Å². The number of benzene rings is 1. The maximum absolute atomic E-state index is 13.9. The van der Waals surface area contributed by atoms with Gasteiger partial charge in [-0.2, -0.15) is 0 Å². The minimum Gasteiger partial charge on any atom is -0.385 e. The molecule has 3 rings (SSSR count). The van der Waals surface area contributed by atoms with E-state index in [4.69, 9.17) is 4.74 Å². The van der Waals surface area contributed by atoms with Crippen LogP contribution in [0.5, 0.6) is 0 Å². The first-order chi connectivity index (χ1) is 11.7. The fraction of sp³-hybridized carbons (Fsp3) is 0.632. The van der Waals surface area contributed by atoms with Crippen LogP contribution in [0.25, 0.3) is 0 Å². The molecule has 2 unspecified atom stereocenters. The molecule has 25 heavy (non-hydrogen) atoms. The largest absolute Gasteiger partial charge is 0.385 e. The summed E-state index contributed by atoms with van der Waals surface area (Å²) in [7, 11) is 3.55. The standard InChI is InChI=1S/C19H28FN3O.HI/c1-21-18(22-13-19(8-5-9-19)10-11-24-2)23-17-12-15(17)14-6-3-4-7-16(14)20;/h3-4,6-7,15,17H,5,8-13H2,1-2H3,(H2,21,22,23);1H. The highest BCUT2D eigenvalue weighted by Crippen LogP contribution is 2.44. The summed E-state index contributed by atoms with van der Waals surface area (Å²) < 4.78 is 19.1. The highest BCUT2D eigenvalue weighted by atomic mass is 127. The third-order valence-corrected chi connectivity index (χ3v) is 5.52. The summed E-state index contributed by atoms with van der Waals surface area (Å²) in [5.74, 6) is 0.959. The van der Waals surface area contributed by atoms with Crippen molar-refractivity contribution in [3.05, 3.63) is 35.6 Å². The summed E-state index contributed by atoms with van der Waals surface area (Å²) in [6.45, 7) is 1.73. The van der Waals surface area contributed by atoms with Gasteiger partial charge < -0.3 is 15.4 Å². The zero-order valence-electron chi connectivity index (χ0n) is 15.1. The van der Waals surface area contributed by atoms with Crippen LogP contribution < -0.4 is 10.6 Å². The van der Waals surface area contributed by atoms with E-state index in [9.17, 15) is 4.39 Å². The first-order valence-corrected chi connectivity index (χ1v) is 8.88. The van der Waals surface area contributed by atoms with Gasteiger partial charge in [-0.1, -0.05) is 24.6 Å². The Bertz CT molecular complexity index is 592. The summed E-state index contributed by atoms with van der Waals surface area (Å²) >= 11 is 0. The zero-order chi connectivity index (χ0) is 17.0. The van der Waals surface area contributed by atoms with Crippen molar-refractivity contribution in [3.8, 4) is 0 Å². The molecule has 1 aromatic carbocycles. The number of rotatable bonds is 7. The molecule has 2 atom stereocenters. The second-order valence-corrected chi connectivity index (χ2v) is 7.14. The van der Waals surface area contributed by atoms with Crippen LogP contribution in [-0.2, 0) is 4.74 Å². The lowest BCUT2D eigenvalue weighted by atomic mass is 9.67. The second-order valence-electron chi connectivity index (χ2n) is 7.14. The van der Waals surface area contributed by atoms with E-state index >= 15 is 0 Å². The molecule has 0 bridgehead atoms. The van der Waals surface area contributed by atoms with Crippen molar-refractivity contribution in [3.63, 3.8) is 0 Å². The number of guanidine groups is 1. The van der Waals surface area contributed by atoms with Gasteiger partial charge >= 0.3 is 0 Å². The normalized spacial score (nSPS) is 24.0. The molecule has 4 nitrogen and oxygen atoms in total. The van der Waals surface area contributed by atoms with E-state index < -0.39 is 0 Å². The molecule has 0 amide bonds. The smallest absolute Gasteiger partial charge is 0.191 e. The highest BCUT2D eigenvalue weighted by molar-refractivity contribution is 14.0. The Morgan fingerprint density at radius 1 is 1.36 bits per heavy atom. The maximum atomic E-state index is 13.9. The Labute approximate surface area is 167 Å². The van der Waals surface area contributed by atoms with Crippen LogP contribution in [0, 0.1) is 11.2 Å². The van der Waals surface area contributed by atoms with Crippen molar-refractivity contribution in [2.75, 3.05) is 27.3 Å². The van der Waals surface area contributed by atoms with Crippen LogP contribution in [0.1, 0.15) is 43.6 Å². The van der Waals surface area contributed by atoms with Crippen LogP contribution in [0.4, 0.5) is 4.39 Å². The van der Waals surface area contributed by atoms with Gasteiger partial charge in [0.2, 0.25) is 0 Å². The molecule has 0 saturated heterocycles. The van der Waals surface area contributed by atoms with Crippen molar-refractivity contribution in [1.82, 2.24) is 10.6 Å². The molecule has 2 N–H and O–H groups in total. The van der Waals surface area contributed by atoms with Crippen molar-refractivity contribution < 1.29 is 9.13 Å². The van der Waals surface area contributed by atoms with Crippen molar-refractivity contribution in [2.45, 2.75) is 44.1 Å². The SMILES string of the molecule is CN=C(NCC1(CCOC)CCC1)NC1CC1c1ccccc1F.I. The van der Waals surface area contributed by atoms with E-state index in [2.05, 4.69) is 15.6 Å². The summed E-state index contributed by atoms with van der Waals surface area (Å²) in [4.78, 5) is 4.33. The average Bonchev–Trinajstić information content (AvgIpc) is 3.31. The van der Waals surface area contributed by atoms with E-state index in [1.165, 1.54) is 25.3 Å². The lowest BCUT2D eigenvalue weighted by Gasteiger charge is -2.42. The number of hydrogen-bond donors (Lipinski definition) is 2. The Hall–Kier alpha value is -0.890. The van der Waals surface area contributed by atoms with Gasteiger partial charge in [-0.3, -0.25) is 4.99 Å². The number of ether oxygens (including phenoxy) is 1. The van der Waals surface area contributed by atoms with Gasteiger partial charge in [0.15, 0.2) is 5.96 Å². The molecule has 1 aromatic rings. The highest BCUT2D eigenvalue weighted by Gasteiger charge is 2.41. The van der Waals surface area contributed by atoms with Crippen LogP contribution in [-0.4, -0.2) is 39.3 Å². The van der Waals surface area contributed by atoms with Gasteiger partial charge in [0, 0.05) is 39.3 Å². The molecule has 0 radical (unpaired) electrons. The molecule has 6 heteroatoms. The minimum absolute atomic E-state index is 0. The number of methoxy groups -OCH3 is 1. The molecule has 0 aromatic heterocycles. The number of aliphatic imine (C=N–C) groups is 1. The van der Waals surface area contributed by atoms with Crippen LogP contribution in [0.3, 0.4) is 0 Å². The summed E-state index contributed by atoms with van der Waals surface area (Å²) in [5, 5.41) is 6.90. The fourth-order valence-electron chi connectivity index (χ4n) is 3.63. The Morgan fingerprint density at radius 3 is 2.72 bits per heavy atom. The first kappa shape index (κ1) is 20.4. The first-order valence-electron chi connectivity index (χ1n) is 8.88. The van der Waals surface area contributed by atoms with E-state index in [0.29, 0.717) is 5.41 Å². The van der Waals surface area contributed by atoms with Crippen LogP contribution >= 0.6 is 24.0 Å². The molecule has 2 saturated carbocycles. The van der Waals surface area contributed by atoms with E-state index in [1.54, 1.807) is 20.2 Å². The molecule has 2 aliphatic carbocycles. The molecule has 0 aliphatic heterocycles. The third kappa shape index (κ3) is 5.06. The molecule has 0 heterocycles. The molecule has 0 spiro atoms. The number of nitrogens with zero attached hydrogens (tertiary/aromatic N) is 1. The zero-order valence-corrected chi connectivity index (χ0v) is 17.4. The van der Waals surface area contributed by atoms with Crippen LogP contribution in [0.15, 0.2) is 29.3 Å². The monoisotopic (exact) mass is 461 g/mol. The Morgan fingerprint density at radius 2 is 2.12 bits per heavy atom. The lowest BCUT2D eigenvalue weighted by molar-refractivity contribution is 0.0732. The van der Waals surface area contributed by atoms with Gasteiger partial charge in [-0.25, -0.2) is 4.39 Å². The maximum Gasteiger partial charge on any atom is 0.191 e. The summed E-state index contributed by atoms with van der Waals surface area (Å²) in [6, 6.07) is 7.32. The van der Waals surface area contributed by atoms with Gasteiger partial charge in [0.1, 0.15) is 5.82 Å².